The first kappa shape index (κ1) is 21.9. The largest absolute Gasteiger partial charge is 0.374 e. The SMILES string of the molecule is F[C@@H](COCc1ccccc1)COC(c1ccccc1)(c1ccccc1)c1ccccc1. The molecule has 0 unspecified atom stereocenters. The van der Waals surface area contributed by atoms with Crippen molar-refractivity contribution in [3.8, 4) is 0 Å². The molecule has 0 amide bonds. The molecular weight excluding hydrogens is 399 g/mol. The smallest absolute Gasteiger partial charge is 0.147 e. The van der Waals surface area contributed by atoms with Crippen LogP contribution in [-0.2, 0) is 21.7 Å². The first-order valence-electron chi connectivity index (χ1n) is 10.9. The van der Waals surface area contributed by atoms with Crippen molar-refractivity contribution in [3.05, 3.63) is 144 Å². The van der Waals surface area contributed by atoms with E-state index in [-0.39, 0.29) is 13.2 Å². The number of hydrogen-bond donors (Lipinski definition) is 0. The molecule has 3 heteroatoms. The molecule has 0 fully saturated rings. The Kier molecular flexibility index (Phi) is 7.44. The normalized spacial score (nSPS) is 12.4. The van der Waals surface area contributed by atoms with Gasteiger partial charge in [-0.2, -0.15) is 0 Å². The molecule has 4 rings (SSSR count). The average molecular weight is 427 g/mol. The third-order valence-corrected chi connectivity index (χ3v) is 5.43. The monoisotopic (exact) mass is 426 g/mol. The van der Waals surface area contributed by atoms with Crippen LogP contribution < -0.4 is 0 Å². The van der Waals surface area contributed by atoms with Crippen LogP contribution in [0.2, 0.25) is 0 Å². The van der Waals surface area contributed by atoms with Gasteiger partial charge in [0.25, 0.3) is 0 Å². The topological polar surface area (TPSA) is 18.5 Å². The first-order chi connectivity index (χ1) is 15.8. The summed E-state index contributed by atoms with van der Waals surface area (Å²) >= 11 is 0. The van der Waals surface area contributed by atoms with Crippen LogP contribution in [0.15, 0.2) is 121 Å². The van der Waals surface area contributed by atoms with E-state index in [0.29, 0.717) is 6.61 Å². The molecule has 0 saturated carbocycles. The Morgan fingerprint density at radius 2 is 0.969 bits per heavy atom. The van der Waals surface area contributed by atoms with Crippen LogP contribution in [-0.4, -0.2) is 19.4 Å². The molecule has 0 aliphatic rings. The minimum Gasteiger partial charge on any atom is -0.374 e. The number of benzene rings is 4. The molecule has 2 nitrogen and oxygen atoms in total. The molecule has 4 aromatic carbocycles. The average Bonchev–Trinajstić information content (AvgIpc) is 2.87. The predicted molar refractivity (Wildman–Crippen MR) is 126 cm³/mol. The number of hydrogen-bond acceptors (Lipinski definition) is 2. The second-order valence-corrected chi connectivity index (χ2v) is 7.69. The highest BCUT2D eigenvalue weighted by atomic mass is 19.1. The molecule has 0 radical (unpaired) electrons. The third kappa shape index (κ3) is 5.13. The molecule has 1 atom stereocenters. The van der Waals surface area contributed by atoms with Crippen LogP contribution in [0.3, 0.4) is 0 Å². The van der Waals surface area contributed by atoms with Crippen molar-refractivity contribution in [2.24, 2.45) is 0 Å². The van der Waals surface area contributed by atoms with Crippen molar-refractivity contribution in [1.29, 1.82) is 0 Å². The maximum atomic E-state index is 14.9. The van der Waals surface area contributed by atoms with Crippen LogP contribution in [0.4, 0.5) is 4.39 Å². The quantitative estimate of drug-likeness (QED) is 0.268. The summed E-state index contributed by atoms with van der Waals surface area (Å²) in [7, 11) is 0. The fraction of sp³-hybridized carbons (Fsp3) is 0.172. The Balaban J connectivity index is 1.58. The molecule has 0 spiro atoms. The molecule has 0 aliphatic heterocycles. The lowest BCUT2D eigenvalue weighted by atomic mass is 9.80. The molecule has 0 aliphatic carbocycles. The molecule has 32 heavy (non-hydrogen) atoms. The van der Waals surface area contributed by atoms with Gasteiger partial charge in [0.15, 0.2) is 0 Å². The highest BCUT2D eigenvalue weighted by Crippen LogP contribution is 2.40. The van der Waals surface area contributed by atoms with E-state index in [1.54, 1.807) is 0 Å². The number of ether oxygens (including phenoxy) is 2. The van der Waals surface area contributed by atoms with E-state index in [1.807, 2.05) is 121 Å². The van der Waals surface area contributed by atoms with Crippen LogP contribution >= 0.6 is 0 Å². The minimum atomic E-state index is -1.26. The van der Waals surface area contributed by atoms with Crippen molar-refractivity contribution in [3.63, 3.8) is 0 Å². The molecule has 0 saturated heterocycles. The lowest BCUT2D eigenvalue weighted by Gasteiger charge is -2.36. The lowest BCUT2D eigenvalue weighted by molar-refractivity contribution is -0.0398. The zero-order valence-corrected chi connectivity index (χ0v) is 17.9. The van der Waals surface area contributed by atoms with E-state index >= 15 is 0 Å². The molecule has 0 bridgehead atoms. The summed E-state index contributed by atoms with van der Waals surface area (Å²) in [5.41, 5.74) is 2.96. The molecule has 4 aromatic rings. The highest BCUT2D eigenvalue weighted by Gasteiger charge is 2.38. The Morgan fingerprint density at radius 3 is 1.41 bits per heavy atom. The van der Waals surface area contributed by atoms with Gasteiger partial charge in [0.05, 0.1) is 19.8 Å². The predicted octanol–water partition coefficient (Wildman–Crippen LogP) is 6.55. The lowest BCUT2D eigenvalue weighted by Crippen LogP contribution is -2.35. The third-order valence-electron chi connectivity index (χ3n) is 5.43. The standard InChI is InChI=1S/C29H27FO2/c30-28(22-31-21-24-13-5-1-6-14-24)23-32-29(25-15-7-2-8-16-25,26-17-9-3-10-18-26)27-19-11-4-12-20-27/h1-20,28H,21-23H2/t28-/m0/s1. The Labute approximate surface area is 189 Å². The van der Waals surface area contributed by atoms with Gasteiger partial charge in [-0.05, 0) is 22.3 Å². The van der Waals surface area contributed by atoms with Gasteiger partial charge >= 0.3 is 0 Å². The molecule has 162 valence electrons. The summed E-state index contributed by atoms with van der Waals surface area (Å²) in [5.74, 6) is 0. The number of rotatable bonds is 10. The zero-order valence-electron chi connectivity index (χ0n) is 17.9. The van der Waals surface area contributed by atoms with E-state index in [1.165, 1.54) is 0 Å². The Morgan fingerprint density at radius 1 is 0.562 bits per heavy atom. The molecule has 0 heterocycles. The van der Waals surface area contributed by atoms with Crippen LogP contribution in [0.1, 0.15) is 22.3 Å². The zero-order chi connectivity index (χ0) is 22.1. The molecule has 0 N–H and O–H groups in total. The van der Waals surface area contributed by atoms with Crippen LogP contribution in [0, 0.1) is 0 Å². The number of halogens is 1. The van der Waals surface area contributed by atoms with E-state index in [2.05, 4.69) is 0 Å². The second kappa shape index (κ2) is 10.9. The van der Waals surface area contributed by atoms with Crippen molar-refractivity contribution >= 4 is 0 Å². The molecular formula is C29H27FO2. The summed E-state index contributed by atoms with van der Waals surface area (Å²) in [6.07, 6.45) is -1.26. The van der Waals surface area contributed by atoms with Crippen molar-refractivity contribution in [2.75, 3.05) is 13.2 Å². The van der Waals surface area contributed by atoms with Gasteiger partial charge in [0, 0.05) is 0 Å². The summed E-state index contributed by atoms with van der Waals surface area (Å²) in [4.78, 5) is 0. The van der Waals surface area contributed by atoms with Crippen LogP contribution in [0.5, 0.6) is 0 Å². The van der Waals surface area contributed by atoms with Gasteiger partial charge in [0.1, 0.15) is 11.8 Å². The van der Waals surface area contributed by atoms with Gasteiger partial charge in [0.2, 0.25) is 0 Å². The van der Waals surface area contributed by atoms with E-state index in [4.69, 9.17) is 9.47 Å². The summed E-state index contributed by atoms with van der Waals surface area (Å²) in [6.45, 7) is 0.263. The second-order valence-electron chi connectivity index (χ2n) is 7.69. The highest BCUT2D eigenvalue weighted by molar-refractivity contribution is 5.47. The van der Waals surface area contributed by atoms with E-state index in [0.717, 1.165) is 22.3 Å². The van der Waals surface area contributed by atoms with Gasteiger partial charge < -0.3 is 9.47 Å². The fourth-order valence-electron chi connectivity index (χ4n) is 3.91. The van der Waals surface area contributed by atoms with Gasteiger partial charge in [-0.15, -0.1) is 0 Å². The summed E-state index contributed by atoms with van der Waals surface area (Å²) < 4.78 is 27.0. The van der Waals surface area contributed by atoms with Crippen LogP contribution in [0.25, 0.3) is 0 Å². The van der Waals surface area contributed by atoms with Gasteiger partial charge in [-0.25, -0.2) is 4.39 Å². The maximum Gasteiger partial charge on any atom is 0.147 e. The first-order valence-corrected chi connectivity index (χ1v) is 10.9. The summed E-state index contributed by atoms with van der Waals surface area (Å²) in [6, 6.07) is 39.7. The van der Waals surface area contributed by atoms with Crippen molar-refractivity contribution in [1.82, 2.24) is 0 Å². The van der Waals surface area contributed by atoms with Crippen molar-refractivity contribution in [2.45, 2.75) is 18.4 Å². The van der Waals surface area contributed by atoms with E-state index in [9.17, 15) is 4.39 Å². The van der Waals surface area contributed by atoms with Gasteiger partial charge in [-0.3, -0.25) is 0 Å². The maximum absolute atomic E-state index is 14.9. The Hall–Kier alpha value is -3.27. The minimum absolute atomic E-state index is 0.0245. The summed E-state index contributed by atoms with van der Waals surface area (Å²) in [5, 5.41) is 0. The van der Waals surface area contributed by atoms with E-state index < -0.39 is 11.8 Å². The molecule has 0 aromatic heterocycles. The Bertz CT molecular complexity index is 957. The van der Waals surface area contributed by atoms with Gasteiger partial charge in [-0.1, -0.05) is 121 Å². The van der Waals surface area contributed by atoms with Crippen molar-refractivity contribution < 1.29 is 13.9 Å². The fourth-order valence-corrected chi connectivity index (χ4v) is 3.91. The number of alkyl halides is 1.